The number of halogens is 1. The third-order valence-electron chi connectivity index (χ3n) is 2.62. The minimum absolute atomic E-state index is 0.0679. The first kappa shape index (κ1) is 13.1. The highest BCUT2D eigenvalue weighted by Gasteiger charge is 2.14. The minimum Gasteiger partial charge on any atom is -0.330 e. The van der Waals surface area contributed by atoms with E-state index in [0.29, 0.717) is 5.69 Å². The zero-order valence-electron chi connectivity index (χ0n) is 10.2. The average Bonchev–Trinajstić information content (AvgIpc) is 2.94. The molecule has 100 valence electrons. The molecule has 3 N–H and O–H groups in total. The lowest BCUT2D eigenvalue weighted by atomic mass is 10.1. The second kappa shape index (κ2) is 5.53. The van der Waals surface area contributed by atoms with Gasteiger partial charge in [-0.2, -0.15) is 0 Å². The normalized spacial score (nSPS) is 12.2. The molecule has 2 rings (SSSR count). The number of anilines is 1. The number of benzene rings is 1. The van der Waals surface area contributed by atoms with Gasteiger partial charge < -0.3 is 11.1 Å². The lowest BCUT2D eigenvalue weighted by Gasteiger charge is -2.11. The molecule has 7 nitrogen and oxygen atoms in total. The van der Waals surface area contributed by atoms with Gasteiger partial charge in [0, 0.05) is 12.5 Å². The molecule has 0 spiro atoms. The van der Waals surface area contributed by atoms with E-state index in [4.69, 9.17) is 5.73 Å². The van der Waals surface area contributed by atoms with Crippen LogP contribution in [0, 0.1) is 11.7 Å². The Balaban J connectivity index is 2.25. The van der Waals surface area contributed by atoms with Gasteiger partial charge >= 0.3 is 0 Å². The monoisotopic (exact) mass is 264 g/mol. The summed E-state index contributed by atoms with van der Waals surface area (Å²) in [6, 6.07) is 4.19. The number of hydrogen-bond acceptors (Lipinski definition) is 5. The van der Waals surface area contributed by atoms with Crippen molar-refractivity contribution in [2.75, 3.05) is 11.9 Å². The van der Waals surface area contributed by atoms with Crippen molar-refractivity contribution in [3.05, 3.63) is 30.3 Å². The first-order valence-corrected chi connectivity index (χ1v) is 5.65. The molecule has 0 aliphatic heterocycles. The summed E-state index contributed by atoms with van der Waals surface area (Å²) >= 11 is 0. The van der Waals surface area contributed by atoms with Crippen LogP contribution in [0.2, 0.25) is 0 Å². The van der Waals surface area contributed by atoms with Gasteiger partial charge in [0.2, 0.25) is 5.91 Å². The van der Waals surface area contributed by atoms with Gasteiger partial charge in [0.15, 0.2) is 0 Å². The van der Waals surface area contributed by atoms with Crippen LogP contribution in [-0.2, 0) is 4.79 Å². The number of aromatic nitrogens is 4. The number of nitrogens with two attached hydrogens (primary N) is 1. The summed E-state index contributed by atoms with van der Waals surface area (Å²) in [5.74, 6) is -1.26. The van der Waals surface area contributed by atoms with Crippen LogP contribution in [0.3, 0.4) is 0 Å². The molecule has 1 atom stereocenters. The predicted molar refractivity (Wildman–Crippen MR) is 66.0 cm³/mol. The summed E-state index contributed by atoms with van der Waals surface area (Å²) in [5, 5.41) is 13.2. The number of nitrogens with one attached hydrogen (secondary N) is 1. The molecule has 0 fully saturated rings. The van der Waals surface area contributed by atoms with Crippen molar-refractivity contribution < 1.29 is 9.18 Å². The first-order chi connectivity index (χ1) is 9.11. The minimum atomic E-state index is -0.533. The second-order valence-corrected chi connectivity index (χ2v) is 4.04. The van der Waals surface area contributed by atoms with Crippen LogP contribution < -0.4 is 11.1 Å². The van der Waals surface area contributed by atoms with Crippen molar-refractivity contribution in [2.24, 2.45) is 11.7 Å². The fraction of sp³-hybridized carbons (Fsp3) is 0.273. The molecular formula is C11H13FN6O. The number of carbonyl (C=O) groups excluding carboxylic acids is 1. The van der Waals surface area contributed by atoms with Gasteiger partial charge in [-0.15, -0.1) is 5.10 Å². The highest BCUT2D eigenvalue weighted by Crippen LogP contribution is 2.18. The lowest BCUT2D eigenvalue weighted by Crippen LogP contribution is -2.27. The maximum atomic E-state index is 13.6. The van der Waals surface area contributed by atoms with Crippen molar-refractivity contribution in [3.63, 3.8) is 0 Å². The van der Waals surface area contributed by atoms with E-state index in [1.54, 1.807) is 6.92 Å². The van der Waals surface area contributed by atoms with Crippen molar-refractivity contribution in [1.29, 1.82) is 0 Å². The number of hydrogen-bond donors (Lipinski definition) is 2. The van der Waals surface area contributed by atoms with Gasteiger partial charge in [-0.1, -0.05) is 6.92 Å². The molecule has 2 aromatic rings. The fourth-order valence-electron chi connectivity index (χ4n) is 1.39. The first-order valence-electron chi connectivity index (χ1n) is 5.65. The van der Waals surface area contributed by atoms with Gasteiger partial charge in [0.25, 0.3) is 0 Å². The number of rotatable bonds is 4. The van der Waals surface area contributed by atoms with Gasteiger partial charge in [-0.3, -0.25) is 4.79 Å². The quantitative estimate of drug-likeness (QED) is 0.829. The van der Waals surface area contributed by atoms with E-state index in [9.17, 15) is 9.18 Å². The number of amides is 1. The highest BCUT2D eigenvalue weighted by atomic mass is 19.1. The van der Waals surface area contributed by atoms with Gasteiger partial charge in [0.05, 0.1) is 11.4 Å². The third kappa shape index (κ3) is 2.91. The van der Waals surface area contributed by atoms with Gasteiger partial charge in [0.1, 0.15) is 12.1 Å². The van der Waals surface area contributed by atoms with Crippen molar-refractivity contribution >= 4 is 11.6 Å². The van der Waals surface area contributed by atoms with E-state index >= 15 is 0 Å². The fourth-order valence-corrected chi connectivity index (χ4v) is 1.39. The Morgan fingerprint density at radius 3 is 3.00 bits per heavy atom. The SMILES string of the molecule is CC(CN)C(=O)Nc1cc(-n2cnnn2)ccc1F. The summed E-state index contributed by atoms with van der Waals surface area (Å²) < 4.78 is 15.0. The van der Waals surface area contributed by atoms with Gasteiger partial charge in [-0.05, 0) is 28.6 Å². The molecule has 0 aliphatic carbocycles. The largest absolute Gasteiger partial charge is 0.330 e. The molecule has 0 saturated carbocycles. The van der Waals surface area contributed by atoms with Crippen LogP contribution >= 0.6 is 0 Å². The maximum absolute atomic E-state index is 13.6. The topological polar surface area (TPSA) is 98.7 Å². The molecule has 0 bridgehead atoms. The molecule has 0 saturated heterocycles. The molecule has 19 heavy (non-hydrogen) atoms. The summed E-state index contributed by atoms with van der Waals surface area (Å²) in [5.41, 5.74) is 6.00. The number of nitrogens with zero attached hydrogens (tertiary/aromatic N) is 4. The molecule has 1 aromatic heterocycles. The average molecular weight is 264 g/mol. The van der Waals surface area contributed by atoms with E-state index in [0.717, 1.165) is 0 Å². The maximum Gasteiger partial charge on any atom is 0.228 e. The van der Waals surface area contributed by atoms with Crippen molar-refractivity contribution in [1.82, 2.24) is 20.2 Å². The van der Waals surface area contributed by atoms with E-state index < -0.39 is 11.7 Å². The summed E-state index contributed by atoms with van der Waals surface area (Å²) in [7, 11) is 0. The molecule has 0 aliphatic rings. The lowest BCUT2D eigenvalue weighted by molar-refractivity contribution is -0.119. The zero-order valence-corrected chi connectivity index (χ0v) is 10.2. The third-order valence-corrected chi connectivity index (χ3v) is 2.62. The Kier molecular flexibility index (Phi) is 3.81. The van der Waals surface area contributed by atoms with Crippen LogP contribution in [0.4, 0.5) is 10.1 Å². The van der Waals surface area contributed by atoms with E-state index in [1.165, 1.54) is 29.2 Å². The van der Waals surface area contributed by atoms with Crippen LogP contribution in [0.5, 0.6) is 0 Å². The molecule has 1 unspecified atom stereocenters. The molecule has 1 aromatic carbocycles. The van der Waals surface area contributed by atoms with Crippen LogP contribution in [0.1, 0.15) is 6.92 Å². The molecule has 1 amide bonds. The summed E-state index contributed by atoms with van der Waals surface area (Å²) in [6.45, 7) is 1.86. The second-order valence-electron chi connectivity index (χ2n) is 4.04. The smallest absolute Gasteiger partial charge is 0.228 e. The van der Waals surface area contributed by atoms with E-state index in [2.05, 4.69) is 20.8 Å². The summed E-state index contributed by atoms with van der Waals surface area (Å²) in [4.78, 5) is 11.7. The number of tetrazole rings is 1. The van der Waals surface area contributed by atoms with Crippen molar-refractivity contribution in [2.45, 2.75) is 6.92 Å². The van der Waals surface area contributed by atoms with Crippen LogP contribution in [-0.4, -0.2) is 32.7 Å². The Morgan fingerprint density at radius 2 is 2.37 bits per heavy atom. The van der Waals surface area contributed by atoms with E-state index in [1.807, 2.05) is 0 Å². The molecule has 8 heteroatoms. The highest BCUT2D eigenvalue weighted by molar-refractivity contribution is 5.92. The van der Waals surface area contributed by atoms with Gasteiger partial charge in [-0.25, -0.2) is 9.07 Å². The van der Waals surface area contributed by atoms with Crippen molar-refractivity contribution in [3.8, 4) is 5.69 Å². The van der Waals surface area contributed by atoms with Crippen LogP contribution in [0.25, 0.3) is 5.69 Å². The predicted octanol–water partition coefficient (Wildman–Crippen LogP) is 0.335. The molecule has 1 heterocycles. The zero-order chi connectivity index (χ0) is 13.8. The molecular weight excluding hydrogens is 251 g/mol. The Bertz CT molecular complexity index is 571. The Morgan fingerprint density at radius 1 is 1.58 bits per heavy atom. The summed E-state index contributed by atoms with van der Waals surface area (Å²) in [6.07, 6.45) is 1.38. The molecule has 0 radical (unpaired) electrons. The standard InChI is InChI=1S/C11H13FN6O/c1-7(5-13)11(19)15-10-4-8(2-3-9(10)12)18-6-14-16-17-18/h2-4,6-7H,5,13H2,1H3,(H,15,19). The van der Waals surface area contributed by atoms with E-state index in [-0.39, 0.29) is 18.1 Å². The Labute approximate surface area is 108 Å². The number of carbonyl (C=O) groups is 1. The Hall–Kier alpha value is -2.35. The van der Waals surface area contributed by atoms with Crippen LogP contribution in [0.15, 0.2) is 24.5 Å².